The van der Waals surface area contributed by atoms with Crippen LogP contribution in [0.2, 0.25) is 0 Å². The molecule has 2 rings (SSSR count). The molecule has 1 aliphatic rings. The van der Waals surface area contributed by atoms with E-state index in [-0.39, 0.29) is 11.9 Å². The molecular formula is C13H21N5O. The summed E-state index contributed by atoms with van der Waals surface area (Å²) in [6, 6.07) is 0.0878. The Labute approximate surface area is 113 Å². The molecular weight excluding hydrogens is 242 g/mol. The summed E-state index contributed by atoms with van der Waals surface area (Å²) in [7, 11) is 0. The number of piperazine rings is 1. The van der Waals surface area contributed by atoms with E-state index in [1.807, 2.05) is 11.8 Å². The molecule has 1 unspecified atom stereocenters. The number of rotatable bonds is 4. The van der Waals surface area contributed by atoms with Gasteiger partial charge in [0.1, 0.15) is 5.82 Å². The van der Waals surface area contributed by atoms with Crippen molar-refractivity contribution in [2.24, 2.45) is 5.73 Å². The zero-order valence-electron chi connectivity index (χ0n) is 11.3. The first-order chi connectivity index (χ1) is 9.16. The predicted molar refractivity (Wildman–Crippen MR) is 73.7 cm³/mol. The predicted octanol–water partition coefficient (Wildman–Crippen LogP) is 0.253. The molecule has 0 aliphatic carbocycles. The fraction of sp³-hybridized carbons (Fsp3) is 0.615. The van der Waals surface area contributed by atoms with Gasteiger partial charge < -0.3 is 15.5 Å². The van der Waals surface area contributed by atoms with E-state index in [0.29, 0.717) is 6.42 Å². The second-order valence-corrected chi connectivity index (χ2v) is 4.95. The summed E-state index contributed by atoms with van der Waals surface area (Å²) in [4.78, 5) is 24.4. The monoisotopic (exact) mass is 263 g/mol. The molecule has 1 saturated heterocycles. The number of carbonyl (C=O) groups is 1. The zero-order chi connectivity index (χ0) is 13.7. The van der Waals surface area contributed by atoms with Gasteiger partial charge in [-0.2, -0.15) is 0 Å². The van der Waals surface area contributed by atoms with Gasteiger partial charge in [0.25, 0.3) is 0 Å². The molecule has 0 radical (unpaired) electrons. The van der Waals surface area contributed by atoms with Crippen LogP contribution in [0, 0.1) is 0 Å². The summed E-state index contributed by atoms with van der Waals surface area (Å²) in [5.41, 5.74) is 5.67. The van der Waals surface area contributed by atoms with Gasteiger partial charge in [0.05, 0.1) is 6.20 Å². The third-order valence-corrected chi connectivity index (χ3v) is 3.32. The summed E-state index contributed by atoms with van der Waals surface area (Å²) in [6.45, 7) is 5.03. The number of amides is 1. The van der Waals surface area contributed by atoms with Crippen molar-refractivity contribution in [1.29, 1.82) is 0 Å². The fourth-order valence-corrected chi connectivity index (χ4v) is 2.15. The van der Waals surface area contributed by atoms with Gasteiger partial charge in [-0.25, -0.2) is 4.98 Å². The van der Waals surface area contributed by atoms with E-state index >= 15 is 0 Å². The van der Waals surface area contributed by atoms with Crippen LogP contribution < -0.4 is 10.6 Å². The molecule has 0 bridgehead atoms. The number of anilines is 1. The highest BCUT2D eigenvalue weighted by atomic mass is 16.2. The third kappa shape index (κ3) is 3.89. The second-order valence-electron chi connectivity index (χ2n) is 4.95. The van der Waals surface area contributed by atoms with Crippen LogP contribution in [-0.2, 0) is 4.79 Å². The van der Waals surface area contributed by atoms with Crippen molar-refractivity contribution in [3.63, 3.8) is 0 Å². The molecule has 1 amide bonds. The minimum Gasteiger partial charge on any atom is -0.352 e. The largest absolute Gasteiger partial charge is 0.352 e. The van der Waals surface area contributed by atoms with E-state index in [0.717, 1.165) is 38.4 Å². The smallest absolute Gasteiger partial charge is 0.222 e. The van der Waals surface area contributed by atoms with Gasteiger partial charge in [0, 0.05) is 51.0 Å². The van der Waals surface area contributed by atoms with Gasteiger partial charge in [-0.05, 0) is 13.3 Å². The number of hydrogen-bond donors (Lipinski definition) is 1. The first-order valence-electron chi connectivity index (χ1n) is 6.71. The number of carbonyl (C=O) groups excluding carboxylic acids is 1. The van der Waals surface area contributed by atoms with Crippen molar-refractivity contribution in [3.05, 3.63) is 18.6 Å². The molecule has 1 aliphatic heterocycles. The van der Waals surface area contributed by atoms with E-state index in [1.54, 1.807) is 18.6 Å². The van der Waals surface area contributed by atoms with Crippen molar-refractivity contribution >= 4 is 11.7 Å². The van der Waals surface area contributed by atoms with E-state index in [1.165, 1.54) is 0 Å². The standard InChI is InChI=1S/C13H21N5O/c1-11(14)2-3-13(19)18-8-6-17(7-9-18)12-10-15-4-5-16-12/h4-5,10-11H,2-3,6-9,14H2,1H3. The van der Waals surface area contributed by atoms with Gasteiger partial charge in [-0.15, -0.1) is 0 Å². The molecule has 19 heavy (non-hydrogen) atoms. The van der Waals surface area contributed by atoms with Crippen molar-refractivity contribution in [3.8, 4) is 0 Å². The lowest BCUT2D eigenvalue weighted by Gasteiger charge is -2.35. The Kier molecular flexibility index (Phi) is 4.68. The second kappa shape index (κ2) is 6.47. The van der Waals surface area contributed by atoms with Gasteiger partial charge >= 0.3 is 0 Å². The molecule has 1 fully saturated rings. The Bertz CT molecular complexity index is 401. The summed E-state index contributed by atoms with van der Waals surface area (Å²) in [6.07, 6.45) is 6.41. The Morgan fingerprint density at radius 1 is 1.37 bits per heavy atom. The van der Waals surface area contributed by atoms with Crippen molar-refractivity contribution < 1.29 is 4.79 Å². The van der Waals surface area contributed by atoms with E-state index in [2.05, 4.69) is 14.9 Å². The van der Waals surface area contributed by atoms with Crippen molar-refractivity contribution in [1.82, 2.24) is 14.9 Å². The van der Waals surface area contributed by atoms with E-state index in [9.17, 15) is 4.79 Å². The highest BCUT2D eigenvalue weighted by molar-refractivity contribution is 5.76. The zero-order valence-corrected chi connectivity index (χ0v) is 11.3. The van der Waals surface area contributed by atoms with Crippen molar-refractivity contribution in [2.75, 3.05) is 31.1 Å². The third-order valence-electron chi connectivity index (χ3n) is 3.32. The van der Waals surface area contributed by atoms with Crippen LogP contribution in [0.25, 0.3) is 0 Å². The number of aromatic nitrogens is 2. The Morgan fingerprint density at radius 2 is 2.11 bits per heavy atom. The molecule has 2 N–H and O–H groups in total. The average Bonchev–Trinajstić information content (AvgIpc) is 2.46. The lowest BCUT2D eigenvalue weighted by molar-refractivity contribution is -0.131. The van der Waals surface area contributed by atoms with Gasteiger partial charge in [0.2, 0.25) is 5.91 Å². The minimum atomic E-state index is 0.0878. The molecule has 0 saturated carbocycles. The van der Waals surface area contributed by atoms with Crippen molar-refractivity contribution in [2.45, 2.75) is 25.8 Å². The molecule has 1 atom stereocenters. The van der Waals surface area contributed by atoms with Gasteiger partial charge in [0.15, 0.2) is 0 Å². The normalized spacial score (nSPS) is 17.4. The maximum atomic E-state index is 12.0. The van der Waals surface area contributed by atoms with Gasteiger partial charge in [-0.1, -0.05) is 0 Å². The Morgan fingerprint density at radius 3 is 2.68 bits per heavy atom. The van der Waals surface area contributed by atoms with Crippen LogP contribution in [0.4, 0.5) is 5.82 Å². The van der Waals surface area contributed by atoms with Crippen LogP contribution in [0.5, 0.6) is 0 Å². The molecule has 6 heteroatoms. The molecule has 0 spiro atoms. The summed E-state index contributed by atoms with van der Waals surface area (Å²) < 4.78 is 0. The Hall–Kier alpha value is -1.69. The average molecular weight is 263 g/mol. The first-order valence-corrected chi connectivity index (χ1v) is 6.71. The maximum Gasteiger partial charge on any atom is 0.222 e. The van der Waals surface area contributed by atoms with E-state index < -0.39 is 0 Å². The quantitative estimate of drug-likeness (QED) is 0.843. The Balaban J connectivity index is 1.81. The number of nitrogens with zero attached hydrogens (tertiary/aromatic N) is 4. The first kappa shape index (κ1) is 13.7. The van der Waals surface area contributed by atoms with Crippen LogP contribution in [0.1, 0.15) is 19.8 Å². The highest BCUT2D eigenvalue weighted by Gasteiger charge is 2.21. The van der Waals surface area contributed by atoms with Crippen LogP contribution in [0.15, 0.2) is 18.6 Å². The molecule has 104 valence electrons. The fourth-order valence-electron chi connectivity index (χ4n) is 2.15. The highest BCUT2D eigenvalue weighted by Crippen LogP contribution is 2.12. The molecule has 6 nitrogen and oxygen atoms in total. The maximum absolute atomic E-state index is 12.0. The lowest BCUT2D eigenvalue weighted by atomic mass is 10.1. The summed E-state index contributed by atoms with van der Waals surface area (Å²) >= 11 is 0. The molecule has 1 aromatic heterocycles. The summed E-state index contributed by atoms with van der Waals surface area (Å²) in [5, 5.41) is 0. The number of hydrogen-bond acceptors (Lipinski definition) is 5. The van der Waals surface area contributed by atoms with Gasteiger partial charge in [-0.3, -0.25) is 9.78 Å². The SMILES string of the molecule is CC(N)CCC(=O)N1CCN(c2cnccn2)CC1. The number of nitrogens with two attached hydrogens (primary N) is 1. The summed E-state index contributed by atoms with van der Waals surface area (Å²) in [5.74, 6) is 1.08. The molecule has 2 heterocycles. The van der Waals surface area contributed by atoms with Crippen LogP contribution in [-0.4, -0.2) is 53.0 Å². The van der Waals surface area contributed by atoms with Crippen LogP contribution in [0.3, 0.4) is 0 Å². The molecule has 1 aromatic rings. The van der Waals surface area contributed by atoms with E-state index in [4.69, 9.17) is 5.73 Å². The lowest BCUT2D eigenvalue weighted by Crippen LogP contribution is -2.49. The molecule has 0 aromatic carbocycles. The van der Waals surface area contributed by atoms with Crippen LogP contribution >= 0.6 is 0 Å². The topological polar surface area (TPSA) is 75.4 Å². The minimum absolute atomic E-state index is 0.0878.